The molecule has 1 N–H and O–H groups in total. The standard InChI is InChI=1S/C13H26N2O/c1-5-8-12(3)16-10-7-9-13(4,11-14)15-6-2/h12,15H,5-10H2,1-4H3. The first-order valence-electron chi connectivity index (χ1n) is 6.35. The van der Waals surface area contributed by atoms with E-state index >= 15 is 0 Å². The van der Waals surface area contributed by atoms with Crippen LogP contribution in [0.15, 0.2) is 0 Å². The van der Waals surface area contributed by atoms with Crippen molar-refractivity contribution in [1.82, 2.24) is 5.32 Å². The Morgan fingerprint density at radius 3 is 2.62 bits per heavy atom. The molecule has 0 amide bonds. The molecule has 0 fully saturated rings. The summed E-state index contributed by atoms with van der Waals surface area (Å²) < 4.78 is 5.66. The molecule has 0 aromatic carbocycles. The molecule has 3 nitrogen and oxygen atoms in total. The van der Waals surface area contributed by atoms with Gasteiger partial charge in [0.25, 0.3) is 0 Å². The molecular formula is C13H26N2O. The highest BCUT2D eigenvalue weighted by Crippen LogP contribution is 2.11. The molecule has 0 rings (SSSR count). The highest BCUT2D eigenvalue weighted by atomic mass is 16.5. The van der Waals surface area contributed by atoms with Gasteiger partial charge in [-0.1, -0.05) is 20.3 Å². The van der Waals surface area contributed by atoms with E-state index in [4.69, 9.17) is 10.00 Å². The lowest BCUT2D eigenvalue weighted by molar-refractivity contribution is 0.0551. The largest absolute Gasteiger partial charge is 0.379 e. The van der Waals surface area contributed by atoms with Crippen molar-refractivity contribution in [2.45, 2.75) is 65.0 Å². The molecule has 0 bridgehead atoms. The van der Waals surface area contributed by atoms with Gasteiger partial charge in [0.1, 0.15) is 5.54 Å². The molecule has 0 heterocycles. The van der Waals surface area contributed by atoms with Gasteiger partial charge in [0, 0.05) is 6.61 Å². The molecule has 0 spiro atoms. The van der Waals surface area contributed by atoms with Crippen molar-refractivity contribution in [3.8, 4) is 6.07 Å². The molecule has 0 aromatic rings. The van der Waals surface area contributed by atoms with Crippen LogP contribution in [-0.4, -0.2) is 24.8 Å². The lowest BCUT2D eigenvalue weighted by atomic mass is 9.98. The Kier molecular flexibility index (Phi) is 8.23. The number of nitriles is 1. The average molecular weight is 226 g/mol. The van der Waals surface area contributed by atoms with Crippen LogP contribution in [0.25, 0.3) is 0 Å². The van der Waals surface area contributed by atoms with Crippen molar-refractivity contribution in [3.63, 3.8) is 0 Å². The second kappa shape index (κ2) is 8.55. The second-order valence-electron chi connectivity index (χ2n) is 4.55. The topological polar surface area (TPSA) is 45.0 Å². The highest BCUT2D eigenvalue weighted by Gasteiger charge is 2.21. The maximum atomic E-state index is 9.06. The zero-order valence-corrected chi connectivity index (χ0v) is 11.2. The van der Waals surface area contributed by atoms with Gasteiger partial charge in [-0.25, -0.2) is 0 Å². The Labute approximate surface area is 100 Å². The number of hydrogen-bond acceptors (Lipinski definition) is 3. The quantitative estimate of drug-likeness (QED) is 0.615. The van der Waals surface area contributed by atoms with E-state index in [0.717, 1.165) is 38.8 Å². The SMILES string of the molecule is CCCC(C)OCCCC(C)(C#N)NCC. The van der Waals surface area contributed by atoms with Crippen molar-refractivity contribution in [3.05, 3.63) is 0 Å². The number of hydrogen-bond donors (Lipinski definition) is 1. The molecule has 2 atom stereocenters. The molecule has 0 saturated heterocycles. The number of nitrogens with zero attached hydrogens (tertiary/aromatic N) is 1. The highest BCUT2D eigenvalue weighted by molar-refractivity contribution is 5.03. The number of nitrogens with one attached hydrogen (secondary N) is 1. The summed E-state index contributed by atoms with van der Waals surface area (Å²) in [4.78, 5) is 0. The summed E-state index contributed by atoms with van der Waals surface area (Å²) in [6.07, 6.45) is 4.40. The van der Waals surface area contributed by atoms with Crippen molar-refractivity contribution < 1.29 is 4.74 Å². The number of rotatable bonds is 9. The van der Waals surface area contributed by atoms with Crippen molar-refractivity contribution in [1.29, 1.82) is 5.26 Å². The van der Waals surface area contributed by atoms with Crippen LogP contribution in [0.1, 0.15) is 53.4 Å². The minimum atomic E-state index is -0.397. The maximum Gasteiger partial charge on any atom is 0.104 e. The van der Waals surface area contributed by atoms with Crippen LogP contribution >= 0.6 is 0 Å². The third-order valence-electron chi connectivity index (χ3n) is 2.73. The Hall–Kier alpha value is -0.590. The zero-order chi connectivity index (χ0) is 12.4. The van der Waals surface area contributed by atoms with E-state index < -0.39 is 5.54 Å². The van der Waals surface area contributed by atoms with Gasteiger partial charge in [-0.2, -0.15) is 5.26 Å². The van der Waals surface area contributed by atoms with Crippen LogP contribution in [0.4, 0.5) is 0 Å². The molecule has 0 saturated carbocycles. The Bertz CT molecular complexity index is 212. The van der Waals surface area contributed by atoms with Gasteiger partial charge < -0.3 is 4.74 Å². The predicted molar refractivity (Wildman–Crippen MR) is 67.3 cm³/mol. The van der Waals surface area contributed by atoms with Crippen molar-refractivity contribution >= 4 is 0 Å². The summed E-state index contributed by atoms with van der Waals surface area (Å²) in [7, 11) is 0. The molecular weight excluding hydrogens is 200 g/mol. The fourth-order valence-electron chi connectivity index (χ4n) is 1.77. The fourth-order valence-corrected chi connectivity index (χ4v) is 1.77. The van der Waals surface area contributed by atoms with E-state index in [1.807, 2.05) is 13.8 Å². The van der Waals surface area contributed by atoms with Crippen LogP contribution < -0.4 is 5.32 Å². The van der Waals surface area contributed by atoms with Gasteiger partial charge in [0.2, 0.25) is 0 Å². The molecule has 0 aliphatic carbocycles. The van der Waals surface area contributed by atoms with E-state index in [1.165, 1.54) is 0 Å². The van der Waals surface area contributed by atoms with Gasteiger partial charge >= 0.3 is 0 Å². The first kappa shape index (κ1) is 15.4. The third kappa shape index (κ3) is 6.81. The Morgan fingerprint density at radius 1 is 1.44 bits per heavy atom. The summed E-state index contributed by atoms with van der Waals surface area (Å²) in [5.74, 6) is 0. The minimum Gasteiger partial charge on any atom is -0.379 e. The summed E-state index contributed by atoms with van der Waals surface area (Å²) in [5, 5.41) is 12.3. The Morgan fingerprint density at radius 2 is 2.12 bits per heavy atom. The molecule has 2 unspecified atom stereocenters. The van der Waals surface area contributed by atoms with E-state index in [9.17, 15) is 0 Å². The fraction of sp³-hybridized carbons (Fsp3) is 0.923. The van der Waals surface area contributed by atoms with Crippen LogP contribution in [0, 0.1) is 11.3 Å². The van der Waals surface area contributed by atoms with Gasteiger partial charge in [0.15, 0.2) is 0 Å². The minimum absolute atomic E-state index is 0.345. The van der Waals surface area contributed by atoms with Crippen LogP contribution in [0.3, 0.4) is 0 Å². The first-order chi connectivity index (χ1) is 7.58. The summed E-state index contributed by atoms with van der Waals surface area (Å²) in [5.41, 5.74) is -0.397. The number of ether oxygens (including phenoxy) is 1. The van der Waals surface area contributed by atoms with Gasteiger partial charge in [-0.3, -0.25) is 5.32 Å². The molecule has 94 valence electrons. The molecule has 0 radical (unpaired) electrons. The Balaban J connectivity index is 3.68. The second-order valence-corrected chi connectivity index (χ2v) is 4.55. The smallest absolute Gasteiger partial charge is 0.104 e. The summed E-state index contributed by atoms with van der Waals surface area (Å²) >= 11 is 0. The van der Waals surface area contributed by atoms with E-state index in [0.29, 0.717) is 6.10 Å². The van der Waals surface area contributed by atoms with Crippen molar-refractivity contribution in [2.24, 2.45) is 0 Å². The van der Waals surface area contributed by atoms with Gasteiger partial charge in [-0.15, -0.1) is 0 Å². The molecule has 16 heavy (non-hydrogen) atoms. The van der Waals surface area contributed by atoms with Gasteiger partial charge in [0.05, 0.1) is 12.2 Å². The molecule has 0 aliphatic rings. The van der Waals surface area contributed by atoms with Crippen LogP contribution in [-0.2, 0) is 4.74 Å². The first-order valence-corrected chi connectivity index (χ1v) is 6.35. The van der Waals surface area contributed by atoms with E-state index in [2.05, 4.69) is 25.2 Å². The average Bonchev–Trinajstić information content (AvgIpc) is 2.25. The van der Waals surface area contributed by atoms with Crippen molar-refractivity contribution in [2.75, 3.05) is 13.2 Å². The summed E-state index contributed by atoms with van der Waals surface area (Å²) in [6, 6.07) is 2.33. The predicted octanol–water partition coefficient (Wildman–Crippen LogP) is 2.86. The lowest BCUT2D eigenvalue weighted by Crippen LogP contribution is -2.40. The molecule has 0 aliphatic heterocycles. The monoisotopic (exact) mass is 226 g/mol. The third-order valence-corrected chi connectivity index (χ3v) is 2.73. The van der Waals surface area contributed by atoms with E-state index in [-0.39, 0.29) is 0 Å². The summed E-state index contributed by atoms with van der Waals surface area (Å²) in [6.45, 7) is 9.83. The van der Waals surface area contributed by atoms with E-state index in [1.54, 1.807) is 0 Å². The normalized spacial score (nSPS) is 16.4. The maximum absolute atomic E-state index is 9.06. The van der Waals surface area contributed by atoms with Crippen LogP contribution in [0.2, 0.25) is 0 Å². The van der Waals surface area contributed by atoms with Crippen LogP contribution in [0.5, 0.6) is 0 Å². The zero-order valence-electron chi connectivity index (χ0n) is 11.2. The lowest BCUT2D eigenvalue weighted by Gasteiger charge is -2.22. The van der Waals surface area contributed by atoms with Gasteiger partial charge in [-0.05, 0) is 39.7 Å². The molecule has 3 heteroatoms. The molecule has 0 aromatic heterocycles.